The van der Waals surface area contributed by atoms with Crippen LogP contribution in [0.4, 0.5) is 9.18 Å². The number of benzene rings is 3. The first-order chi connectivity index (χ1) is 17.3. The summed E-state index contributed by atoms with van der Waals surface area (Å²) in [6.07, 6.45) is 0. The molecule has 2 aliphatic rings. The monoisotopic (exact) mass is 480 g/mol. The van der Waals surface area contributed by atoms with Gasteiger partial charge in [-0.1, -0.05) is 42.5 Å². The van der Waals surface area contributed by atoms with Crippen LogP contribution in [0.1, 0.15) is 27.2 Å². The zero-order valence-electron chi connectivity index (χ0n) is 19.3. The minimum atomic E-state index is -1.46. The maximum Gasteiger partial charge on any atom is 0.322 e. The minimum absolute atomic E-state index is 0.0833. The normalized spacial score (nSPS) is 18.9. The van der Waals surface area contributed by atoms with Crippen LogP contribution in [0.25, 0.3) is 22.0 Å². The number of halogens is 1. The van der Waals surface area contributed by atoms with Gasteiger partial charge in [0, 0.05) is 23.2 Å². The average Bonchev–Trinajstić information content (AvgIpc) is 3.33. The van der Waals surface area contributed by atoms with Crippen LogP contribution in [-0.2, 0) is 16.9 Å². The van der Waals surface area contributed by atoms with Crippen LogP contribution in [0.2, 0.25) is 0 Å². The highest BCUT2D eigenvalue weighted by Crippen LogP contribution is 2.33. The molecule has 0 spiro atoms. The van der Waals surface area contributed by atoms with Gasteiger partial charge in [-0.15, -0.1) is 0 Å². The van der Waals surface area contributed by atoms with Crippen molar-refractivity contribution in [1.82, 2.24) is 20.5 Å². The Labute approximate surface area is 205 Å². The van der Waals surface area contributed by atoms with Crippen LogP contribution in [0.5, 0.6) is 0 Å². The second-order valence-corrected chi connectivity index (χ2v) is 9.21. The molecule has 1 saturated heterocycles. The number of hydrogen-bond donors (Lipinski definition) is 2. The predicted molar refractivity (Wildman–Crippen MR) is 131 cm³/mol. The third-order valence-corrected chi connectivity index (χ3v) is 6.86. The number of nitrogens with one attached hydrogen (secondary N) is 2. The van der Waals surface area contributed by atoms with E-state index in [4.69, 9.17) is 0 Å². The number of carbonyl (C=O) groups excluding carboxylic acids is 3. The number of fused-ring (bicyclic) bond motifs is 2. The van der Waals surface area contributed by atoms with Crippen molar-refractivity contribution in [3.05, 3.63) is 101 Å². The molecule has 0 bridgehead atoms. The highest BCUT2D eigenvalue weighted by atomic mass is 19.1. The van der Waals surface area contributed by atoms with Gasteiger partial charge in [0.15, 0.2) is 5.54 Å². The molecule has 0 saturated carbocycles. The predicted octanol–water partition coefficient (Wildman–Crippen LogP) is 4.04. The van der Waals surface area contributed by atoms with Crippen LogP contribution in [0, 0.1) is 12.7 Å². The highest BCUT2D eigenvalue weighted by molar-refractivity contribution is 6.08. The Morgan fingerprint density at radius 3 is 2.47 bits per heavy atom. The third-order valence-electron chi connectivity index (χ3n) is 6.86. The molecular weight excluding hydrogens is 459 g/mol. The SMILES string of the molecule is Cc1ccc2cc(-c3ccc([C@@]4(CN5Cc6ccc(F)cc6C5=O)NC(=O)NC4=O)cc3)ccc2n1. The number of rotatable bonds is 4. The fourth-order valence-electron chi connectivity index (χ4n) is 5.00. The van der Waals surface area contributed by atoms with E-state index in [9.17, 15) is 18.8 Å². The molecule has 178 valence electrons. The smallest absolute Gasteiger partial charge is 0.322 e. The van der Waals surface area contributed by atoms with E-state index < -0.39 is 23.3 Å². The molecule has 0 unspecified atom stereocenters. The minimum Gasteiger partial charge on any atom is -0.331 e. The lowest BCUT2D eigenvalue weighted by atomic mass is 9.88. The molecule has 1 aromatic heterocycles. The summed E-state index contributed by atoms with van der Waals surface area (Å²) in [7, 11) is 0. The van der Waals surface area contributed by atoms with E-state index in [2.05, 4.69) is 21.7 Å². The van der Waals surface area contributed by atoms with Crippen LogP contribution in [0.15, 0.2) is 72.8 Å². The lowest BCUT2D eigenvalue weighted by Crippen LogP contribution is -2.52. The second-order valence-electron chi connectivity index (χ2n) is 9.21. The summed E-state index contributed by atoms with van der Waals surface area (Å²) in [4.78, 5) is 44.2. The number of pyridine rings is 1. The number of hydrogen-bond acceptors (Lipinski definition) is 4. The number of amides is 4. The van der Waals surface area contributed by atoms with Gasteiger partial charge in [-0.3, -0.25) is 19.9 Å². The molecule has 8 heteroatoms. The van der Waals surface area contributed by atoms with Crippen molar-refractivity contribution in [3.63, 3.8) is 0 Å². The van der Waals surface area contributed by atoms with Crippen molar-refractivity contribution in [2.45, 2.75) is 19.0 Å². The summed E-state index contributed by atoms with van der Waals surface area (Å²) in [5, 5.41) is 6.05. The Morgan fingerprint density at radius 1 is 0.944 bits per heavy atom. The second kappa shape index (κ2) is 7.98. The summed E-state index contributed by atoms with van der Waals surface area (Å²) in [5.41, 5.74) is 3.81. The molecule has 3 aromatic carbocycles. The topological polar surface area (TPSA) is 91.4 Å². The maximum atomic E-state index is 13.7. The summed E-state index contributed by atoms with van der Waals surface area (Å²) >= 11 is 0. The van der Waals surface area contributed by atoms with E-state index in [-0.39, 0.29) is 24.6 Å². The van der Waals surface area contributed by atoms with Gasteiger partial charge in [-0.05, 0) is 59.5 Å². The van der Waals surface area contributed by atoms with Gasteiger partial charge < -0.3 is 10.2 Å². The average molecular weight is 480 g/mol. The van der Waals surface area contributed by atoms with Crippen molar-refractivity contribution in [2.24, 2.45) is 0 Å². The fraction of sp³-hybridized carbons (Fsp3) is 0.143. The van der Waals surface area contributed by atoms with Crippen LogP contribution in [0.3, 0.4) is 0 Å². The first kappa shape index (κ1) is 21.9. The molecular formula is C28H21FN4O3. The van der Waals surface area contributed by atoms with Gasteiger partial charge in [0.1, 0.15) is 5.82 Å². The standard InChI is InChI=1S/C28H21FN4O3/c1-16-2-3-19-12-18(7-11-24(19)30-16)17-4-8-21(9-5-17)28(26(35)31-27(36)32-28)15-33-14-20-6-10-22(29)13-23(20)25(33)34/h2-13H,14-15H2,1H3,(H2,31,32,35,36)/t28-/m1/s1. The summed E-state index contributed by atoms with van der Waals surface area (Å²) in [6.45, 7) is 2.09. The Morgan fingerprint density at radius 2 is 1.72 bits per heavy atom. The van der Waals surface area contributed by atoms with E-state index in [1.165, 1.54) is 17.0 Å². The van der Waals surface area contributed by atoms with Crippen LogP contribution < -0.4 is 10.6 Å². The van der Waals surface area contributed by atoms with Crippen LogP contribution >= 0.6 is 0 Å². The molecule has 4 aromatic rings. The van der Waals surface area contributed by atoms with E-state index in [0.29, 0.717) is 11.1 Å². The zero-order chi connectivity index (χ0) is 25.0. The number of aromatic nitrogens is 1. The van der Waals surface area contributed by atoms with Gasteiger partial charge >= 0.3 is 6.03 Å². The van der Waals surface area contributed by atoms with Crippen molar-refractivity contribution in [2.75, 3.05) is 6.54 Å². The molecule has 1 fully saturated rings. The molecule has 2 N–H and O–H groups in total. The number of imide groups is 1. The summed E-state index contributed by atoms with van der Waals surface area (Å²) in [6, 6.07) is 20.8. The first-order valence-corrected chi connectivity index (χ1v) is 11.5. The van der Waals surface area contributed by atoms with E-state index in [1.807, 2.05) is 43.3 Å². The fourth-order valence-corrected chi connectivity index (χ4v) is 5.00. The zero-order valence-corrected chi connectivity index (χ0v) is 19.3. The van der Waals surface area contributed by atoms with E-state index in [0.717, 1.165) is 27.7 Å². The van der Waals surface area contributed by atoms with Crippen molar-refractivity contribution >= 4 is 28.7 Å². The molecule has 0 aliphatic carbocycles. The number of aryl methyl sites for hydroxylation is 1. The molecule has 7 nitrogen and oxygen atoms in total. The number of urea groups is 1. The largest absolute Gasteiger partial charge is 0.331 e. The van der Waals surface area contributed by atoms with Gasteiger partial charge in [-0.2, -0.15) is 0 Å². The van der Waals surface area contributed by atoms with Crippen LogP contribution in [-0.4, -0.2) is 34.3 Å². The molecule has 4 amide bonds. The van der Waals surface area contributed by atoms with Gasteiger partial charge in [0.05, 0.1) is 12.1 Å². The molecule has 0 radical (unpaired) electrons. The Balaban J connectivity index is 1.33. The quantitative estimate of drug-likeness (QED) is 0.432. The lowest BCUT2D eigenvalue weighted by Gasteiger charge is -2.31. The molecule has 3 heterocycles. The number of carbonyl (C=O) groups is 3. The maximum absolute atomic E-state index is 13.7. The highest BCUT2D eigenvalue weighted by Gasteiger charge is 2.50. The van der Waals surface area contributed by atoms with Gasteiger partial charge in [0.2, 0.25) is 0 Å². The van der Waals surface area contributed by atoms with Crippen molar-refractivity contribution < 1.29 is 18.8 Å². The van der Waals surface area contributed by atoms with Gasteiger partial charge in [0.25, 0.3) is 11.8 Å². The summed E-state index contributed by atoms with van der Waals surface area (Å²) in [5.74, 6) is -1.42. The summed E-state index contributed by atoms with van der Waals surface area (Å²) < 4.78 is 13.7. The lowest BCUT2D eigenvalue weighted by molar-refractivity contribution is -0.124. The molecule has 6 rings (SSSR count). The third kappa shape index (κ3) is 3.50. The van der Waals surface area contributed by atoms with Crippen molar-refractivity contribution in [3.8, 4) is 11.1 Å². The van der Waals surface area contributed by atoms with Crippen molar-refractivity contribution in [1.29, 1.82) is 0 Å². The number of nitrogens with zero attached hydrogens (tertiary/aromatic N) is 2. The Bertz CT molecular complexity index is 1580. The van der Waals surface area contributed by atoms with Gasteiger partial charge in [-0.25, -0.2) is 9.18 Å². The Hall–Kier alpha value is -4.59. The molecule has 36 heavy (non-hydrogen) atoms. The molecule has 2 aliphatic heterocycles. The molecule has 1 atom stereocenters. The van der Waals surface area contributed by atoms with E-state index in [1.54, 1.807) is 18.2 Å². The van der Waals surface area contributed by atoms with E-state index >= 15 is 0 Å². The first-order valence-electron chi connectivity index (χ1n) is 11.5. The Kier molecular flexibility index (Phi) is 4.86.